The van der Waals surface area contributed by atoms with Crippen LogP contribution in [0.5, 0.6) is 5.75 Å². The molecule has 0 spiro atoms. The van der Waals surface area contributed by atoms with Gasteiger partial charge < -0.3 is 20.5 Å². The average molecular weight is 314 g/mol. The molecule has 6 heteroatoms. The second-order valence-corrected chi connectivity index (χ2v) is 4.68. The van der Waals surface area contributed by atoms with Crippen LogP contribution in [0, 0.1) is 0 Å². The molecule has 0 fully saturated rings. The quantitative estimate of drug-likeness (QED) is 0.631. The summed E-state index contributed by atoms with van der Waals surface area (Å²) in [6.45, 7) is 1.94. The van der Waals surface area contributed by atoms with Crippen molar-refractivity contribution in [1.29, 1.82) is 0 Å². The Morgan fingerprint density at radius 2 is 1.91 bits per heavy atom. The molecule has 6 nitrogen and oxygen atoms in total. The van der Waals surface area contributed by atoms with E-state index in [-0.39, 0.29) is 0 Å². The van der Waals surface area contributed by atoms with Gasteiger partial charge in [-0.25, -0.2) is 4.79 Å². The number of nitrogens with two attached hydrogens (primary N) is 1. The lowest BCUT2D eigenvalue weighted by Crippen LogP contribution is -2.21. The van der Waals surface area contributed by atoms with Crippen LogP contribution in [0.15, 0.2) is 48.5 Å². The molecule has 0 unspecified atom stereocenters. The third kappa shape index (κ3) is 4.74. The van der Waals surface area contributed by atoms with Crippen molar-refractivity contribution in [2.24, 2.45) is 0 Å². The molecule has 0 bridgehead atoms. The van der Waals surface area contributed by atoms with E-state index >= 15 is 0 Å². The maximum absolute atomic E-state index is 11.9. The molecule has 0 atom stereocenters. The summed E-state index contributed by atoms with van der Waals surface area (Å²) >= 11 is 0. The van der Waals surface area contributed by atoms with Crippen molar-refractivity contribution in [3.05, 3.63) is 54.1 Å². The van der Waals surface area contributed by atoms with Gasteiger partial charge in [0, 0.05) is 5.69 Å². The van der Waals surface area contributed by atoms with Crippen LogP contribution in [0.3, 0.4) is 0 Å². The Morgan fingerprint density at radius 3 is 2.65 bits per heavy atom. The number of nitrogen functional groups attached to an aromatic ring is 1. The maximum Gasteiger partial charge on any atom is 0.338 e. The van der Waals surface area contributed by atoms with E-state index in [1.807, 2.05) is 6.92 Å². The van der Waals surface area contributed by atoms with E-state index in [1.54, 1.807) is 42.5 Å². The summed E-state index contributed by atoms with van der Waals surface area (Å²) in [5.74, 6) is -0.495. The zero-order valence-corrected chi connectivity index (χ0v) is 12.7. The molecule has 0 saturated heterocycles. The molecule has 0 aliphatic rings. The molecule has 3 N–H and O–H groups in total. The van der Waals surface area contributed by atoms with Crippen molar-refractivity contribution in [3.63, 3.8) is 0 Å². The molecule has 23 heavy (non-hydrogen) atoms. The van der Waals surface area contributed by atoms with Gasteiger partial charge in [-0.15, -0.1) is 0 Å². The normalized spacial score (nSPS) is 9.96. The molecule has 0 aromatic heterocycles. The highest BCUT2D eigenvalue weighted by Crippen LogP contribution is 2.23. The molecular weight excluding hydrogens is 296 g/mol. The van der Waals surface area contributed by atoms with Crippen LogP contribution < -0.4 is 15.8 Å². The van der Waals surface area contributed by atoms with Gasteiger partial charge in [0.25, 0.3) is 5.91 Å². The summed E-state index contributed by atoms with van der Waals surface area (Å²) < 4.78 is 10.4. The minimum absolute atomic E-state index is 0.299. The third-order valence-electron chi connectivity index (χ3n) is 2.92. The lowest BCUT2D eigenvalue weighted by molar-refractivity contribution is -0.119. The van der Waals surface area contributed by atoms with Crippen molar-refractivity contribution in [3.8, 4) is 5.75 Å². The van der Waals surface area contributed by atoms with Crippen molar-refractivity contribution in [2.45, 2.75) is 6.92 Å². The van der Waals surface area contributed by atoms with E-state index in [4.69, 9.17) is 15.2 Å². The predicted octanol–water partition coefficient (Wildman–Crippen LogP) is 2.46. The summed E-state index contributed by atoms with van der Waals surface area (Å²) in [6.07, 6.45) is 0. The number of hydrogen-bond acceptors (Lipinski definition) is 5. The minimum Gasteiger partial charge on any atom is -0.492 e. The van der Waals surface area contributed by atoms with E-state index in [1.165, 1.54) is 6.07 Å². The Morgan fingerprint density at radius 1 is 1.13 bits per heavy atom. The second-order valence-electron chi connectivity index (χ2n) is 4.68. The lowest BCUT2D eigenvalue weighted by atomic mass is 10.2. The zero-order valence-electron chi connectivity index (χ0n) is 12.7. The highest BCUT2D eigenvalue weighted by molar-refractivity contribution is 5.96. The topological polar surface area (TPSA) is 90.6 Å². The fourth-order valence-corrected chi connectivity index (χ4v) is 1.92. The van der Waals surface area contributed by atoms with Gasteiger partial charge in [-0.1, -0.05) is 18.2 Å². The molecule has 2 rings (SSSR count). The van der Waals surface area contributed by atoms with Gasteiger partial charge in [0.1, 0.15) is 5.75 Å². The summed E-state index contributed by atoms with van der Waals surface area (Å²) in [7, 11) is 0. The molecule has 0 saturated carbocycles. The summed E-state index contributed by atoms with van der Waals surface area (Å²) in [5.41, 5.74) is 6.88. The first kappa shape index (κ1) is 16.4. The van der Waals surface area contributed by atoms with Gasteiger partial charge in [0.05, 0.1) is 17.9 Å². The molecule has 120 valence electrons. The summed E-state index contributed by atoms with van der Waals surface area (Å²) in [4.78, 5) is 23.7. The van der Waals surface area contributed by atoms with E-state index in [0.29, 0.717) is 29.3 Å². The number of carbonyl (C=O) groups is 2. The van der Waals surface area contributed by atoms with Gasteiger partial charge in [-0.2, -0.15) is 0 Å². The number of carbonyl (C=O) groups excluding carboxylic acids is 2. The van der Waals surface area contributed by atoms with Crippen molar-refractivity contribution >= 4 is 23.3 Å². The monoisotopic (exact) mass is 314 g/mol. The Kier molecular flexibility index (Phi) is 5.57. The van der Waals surface area contributed by atoms with Crippen LogP contribution in [-0.4, -0.2) is 25.1 Å². The Labute approximate surface area is 134 Å². The van der Waals surface area contributed by atoms with E-state index < -0.39 is 18.5 Å². The van der Waals surface area contributed by atoms with Crippen LogP contribution in [0.25, 0.3) is 0 Å². The first-order valence-electron chi connectivity index (χ1n) is 7.14. The molecule has 2 aromatic rings. The Balaban J connectivity index is 1.92. The maximum atomic E-state index is 11.9. The lowest BCUT2D eigenvalue weighted by Gasteiger charge is -2.11. The molecule has 1 amide bonds. The zero-order chi connectivity index (χ0) is 16.7. The molecule has 0 heterocycles. The number of esters is 1. The van der Waals surface area contributed by atoms with Crippen molar-refractivity contribution in [2.75, 3.05) is 24.3 Å². The van der Waals surface area contributed by atoms with Crippen molar-refractivity contribution in [1.82, 2.24) is 0 Å². The van der Waals surface area contributed by atoms with E-state index in [9.17, 15) is 9.59 Å². The number of benzene rings is 2. The molecule has 0 aliphatic carbocycles. The number of hydrogen-bond donors (Lipinski definition) is 2. The fourth-order valence-electron chi connectivity index (χ4n) is 1.92. The van der Waals surface area contributed by atoms with Crippen LogP contribution in [0.1, 0.15) is 17.3 Å². The standard InChI is InChI=1S/C17H18N2O4/c1-2-22-15-9-4-3-8-14(15)19-16(20)11-23-17(21)12-6-5-7-13(18)10-12/h3-10H,2,11,18H2,1H3,(H,19,20). The number of anilines is 2. The largest absolute Gasteiger partial charge is 0.492 e. The van der Waals surface area contributed by atoms with Crippen LogP contribution >= 0.6 is 0 Å². The Bertz CT molecular complexity index is 700. The summed E-state index contributed by atoms with van der Waals surface area (Å²) in [6, 6.07) is 13.4. The van der Waals surface area contributed by atoms with Crippen molar-refractivity contribution < 1.29 is 19.1 Å². The fraction of sp³-hybridized carbons (Fsp3) is 0.176. The number of para-hydroxylation sites is 2. The first-order chi connectivity index (χ1) is 11.1. The third-order valence-corrected chi connectivity index (χ3v) is 2.92. The number of ether oxygens (including phenoxy) is 2. The van der Waals surface area contributed by atoms with Gasteiger partial charge in [-0.05, 0) is 37.3 Å². The van der Waals surface area contributed by atoms with E-state index in [2.05, 4.69) is 5.32 Å². The predicted molar refractivity (Wildman–Crippen MR) is 87.4 cm³/mol. The number of nitrogens with one attached hydrogen (secondary N) is 1. The minimum atomic E-state index is -0.606. The second kappa shape index (κ2) is 7.84. The highest BCUT2D eigenvalue weighted by atomic mass is 16.5. The van der Waals surface area contributed by atoms with Gasteiger partial charge in [-0.3, -0.25) is 4.79 Å². The van der Waals surface area contributed by atoms with Crippen LogP contribution in [0.4, 0.5) is 11.4 Å². The summed E-state index contributed by atoms with van der Waals surface area (Å²) in [5, 5.41) is 2.65. The molecule has 0 radical (unpaired) electrons. The number of amides is 1. The van der Waals surface area contributed by atoms with Crippen LogP contribution in [-0.2, 0) is 9.53 Å². The first-order valence-corrected chi connectivity index (χ1v) is 7.14. The van der Waals surface area contributed by atoms with Gasteiger partial charge in [0.2, 0.25) is 0 Å². The molecule has 0 aliphatic heterocycles. The SMILES string of the molecule is CCOc1ccccc1NC(=O)COC(=O)c1cccc(N)c1. The smallest absolute Gasteiger partial charge is 0.338 e. The van der Waals surface area contributed by atoms with Crippen LogP contribution in [0.2, 0.25) is 0 Å². The highest BCUT2D eigenvalue weighted by Gasteiger charge is 2.12. The van der Waals surface area contributed by atoms with E-state index in [0.717, 1.165) is 0 Å². The molecular formula is C17H18N2O4. The Hall–Kier alpha value is -3.02. The van der Waals surface area contributed by atoms with Gasteiger partial charge in [0.15, 0.2) is 6.61 Å². The molecule has 2 aromatic carbocycles. The number of rotatable bonds is 6. The van der Waals surface area contributed by atoms with Gasteiger partial charge >= 0.3 is 5.97 Å². The average Bonchev–Trinajstić information content (AvgIpc) is 2.54.